The van der Waals surface area contributed by atoms with Gasteiger partial charge in [-0.05, 0) is 77.6 Å². The van der Waals surface area contributed by atoms with Gasteiger partial charge in [0.15, 0.2) is 5.60 Å². The second-order valence-corrected chi connectivity index (χ2v) is 12.2. The van der Waals surface area contributed by atoms with Crippen molar-refractivity contribution in [3.05, 3.63) is 115 Å². The molecule has 2 aliphatic heterocycles. The normalized spacial score (nSPS) is 18.3. The number of nitrogens with zero attached hydrogens (tertiary/aromatic N) is 3. The van der Waals surface area contributed by atoms with E-state index >= 15 is 0 Å². The Labute approximate surface area is 272 Å². The molecule has 9 heteroatoms. The minimum Gasteiger partial charge on any atom is -0.367 e. The molecule has 0 aliphatic carbocycles. The van der Waals surface area contributed by atoms with E-state index in [2.05, 4.69) is 58.0 Å². The van der Waals surface area contributed by atoms with E-state index in [4.69, 9.17) is 4.74 Å². The summed E-state index contributed by atoms with van der Waals surface area (Å²) in [4.78, 5) is 30.8. The second kappa shape index (κ2) is 12.9. The van der Waals surface area contributed by atoms with Gasteiger partial charge < -0.3 is 15.0 Å². The molecule has 5 aromatic rings. The zero-order valence-electron chi connectivity index (χ0n) is 26.2. The van der Waals surface area contributed by atoms with Gasteiger partial charge in [-0.2, -0.15) is 5.10 Å². The van der Waals surface area contributed by atoms with Gasteiger partial charge in [0.25, 0.3) is 5.91 Å². The molecule has 1 atom stereocenters. The summed E-state index contributed by atoms with van der Waals surface area (Å²) in [5.41, 5.74) is 6.58. The number of amides is 2. The monoisotopic (exact) mass is 629 g/mol. The highest BCUT2D eigenvalue weighted by Crippen LogP contribution is 2.31. The fourth-order valence-electron chi connectivity index (χ4n) is 6.56. The van der Waals surface area contributed by atoms with Crippen molar-refractivity contribution in [2.24, 2.45) is 0 Å². The molecule has 1 aromatic heterocycles. The van der Waals surface area contributed by atoms with Gasteiger partial charge in [0.2, 0.25) is 5.91 Å². The zero-order valence-corrected chi connectivity index (χ0v) is 26.2. The molecule has 4 aromatic carbocycles. The van der Waals surface area contributed by atoms with Crippen LogP contribution in [0.2, 0.25) is 0 Å². The first-order valence-corrected chi connectivity index (χ1v) is 15.9. The van der Waals surface area contributed by atoms with Crippen molar-refractivity contribution >= 4 is 34.0 Å². The van der Waals surface area contributed by atoms with E-state index < -0.39 is 5.60 Å². The molecule has 2 aliphatic rings. The third kappa shape index (κ3) is 6.32. The van der Waals surface area contributed by atoms with Crippen molar-refractivity contribution in [3.8, 4) is 22.4 Å². The minimum absolute atomic E-state index is 0.0470. The zero-order chi connectivity index (χ0) is 32.4. The second-order valence-electron chi connectivity index (χ2n) is 12.2. The summed E-state index contributed by atoms with van der Waals surface area (Å²) < 4.78 is 19.3. The van der Waals surface area contributed by atoms with Crippen LogP contribution >= 0.6 is 0 Å². The first-order valence-electron chi connectivity index (χ1n) is 15.9. The predicted octanol–water partition coefficient (Wildman–Crippen LogP) is 6.38. The lowest BCUT2D eigenvalue weighted by atomic mass is 9.96. The number of anilines is 1. The first-order chi connectivity index (χ1) is 22.9. The summed E-state index contributed by atoms with van der Waals surface area (Å²) in [7, 11) is 1.54. The van der Waals surface area contributed by atoms with Crippen molar-refractivity contribution in [1.82, 2.24) is 20.0 Å². The highest BCUT2D eigenvalue weighted by molar-refractivity contribution is 6.01. The van der Waals surface area contributed by atoms with Crippen LogP contribution in [0, 0.1) is 5.82 Å². The Balaban J connectivity index is 0.960. The number of H-pyrrole nitrogens is 1. The molecule has 8 nitrogen and oxygen atoms in total. The molecule has 0 radical (unpaired) electrons. The van der Waals surface area contributed by atoms with E-state index in [9.17, 15) is 14.0 Å². The Morgan fingerprint density at radius 3 is 2.36 bits per heavy atom. The van der Waals surface area contributed by atoms with Crippen molar-refractivity contribution < 1.29 is 18.7 Å². The summed E-state index contributed by atoms with van der Waals surface area (Å²) in [6.07, 6.45) is 3.42. The number of methoxy groups -OCH3 is 1. The average Bonchev–Trinajstić information content (AvgIpc) is 3.74. The highest BCUT2D eigenvalue weighted by atomic mass is 19.1. The van der Waals surface area contributed by atoms with Crippen LogP contribution in [0.15, 0.2) is 103 Å². The molecule has 0 bridgehead atoms. The van der Waals surface area contributed by atoms with E-state index in [0.717, 1.165) is 22.9 Å². The number of halogens is 1. The third-order valence-electron chi connectivity index (χ3n) is 9.34. The summed E-state index contributed by atoms with van der Waals surface area (Å²) in [6, 6.07) is 30.6. The molecular weight excluding hydrogens is 593 g/mol. The van der Waals surface area contributed by atoms with Crippen LogP contribution < -0.4 is 5.32 Å². The van der Waals surface area contributed by atoms with Gasteiger partial charge >= 0.3 is 0 Å². The van der Waals surface area contributed by atoms with E-state index in [1.54, 1.807) is 19.2 Å². The molecule has 1 fully saturated rings. The molecule has 1 saturated heterocycles. The Kier molecular flexibility index (Phi) is 8.41. The molecule has 0 spiro atoms. The number of hydrogen-bond donors (Lipinski definition) is 2. The lowest BCUT2D eigenvalue weighted by Gasteiger charge is -2.30. The molecule has 7 rings (SSSR count). The number of carbonyl (C=O) groups is 2. The molecule has 2 N–H and O–H groups in total. The number of benzene rings is 4. The van der Waals surface area contributed by atoms with Gasteiger partial charge in [0.05, 0.1) is 17.8 Å². The van der Waals surface area contributed by atoms with Gasteiger partial charge in [-0.1, -0.05) is 60.7 Å². The highest BCUT2D eigenvalue weighted by Gasteiger charge is 2.45. The maximum absolute atomic E-state index is 13.6. The van der Waals surface area contributed by atoms with E-state index in [0.29, 0.717) is 44.0 Å². The number of hydrogen-bond acceptors (Lipinski definition) is 5. The Morgan fingerprint density at radius 1 is 0.915 bits per heavy atom. The first kappa shape index (κ1) is 30.5. The summed E-state index contributed by atoms with van der Waals surface area (Å²) in [6.45, 7) is 2.35. The fraction of sp³-hybridized carbons (Fsp3) is 0.237. The van der Waals surface area contributed by atoms with E-state index in [1.165, 1.54) is 34.4 Å². The molecule has 2 amide bonds. The van der Waals surface area contributed by atoms with Gasteiger partial charge in [-0.25, -0.2) is 4.39 Å². The quantitative estimate of drug-likeness (QED) is 0.208. The Morgan fingerprint density at radius 2 is 1.64 bits per heavy atom. The van der Waals surface area contributed by atoms with Crippen LogP contribution in [-0.2, 0) is 14.3 Å². The van der Waals surface area contributed by atoms with E-state index in [-0.39, 0.29) is 24.2 Å². The largest absolute Gasteiger partial charge is 0.367 e. The van der Waals surface area contributed by atoms with Gasteiger partial charge in [0.1, 0.15) is 5.82 Å². The van der Waals surface area contributed by atoms with Crippen LogP contribution in [0.3, 0.4) is 0 Å². The summed E-state index contributed by atoms with van der Waals surface area (Å²) >= 11 is 0. The van der Waals surface area contributed by atoms with E-state index in [1.807, 2.05) is 46.2 Å². The predicted molar refractivity (Wildman–Crippen MR) is 182 cm³/mol. The number of rotatable bonds is 8. The fourth-order valence-corrected chi connectivity index (χ4v) is 6.56. The van der Waals surface area contributed by atoms with Crippen molar-refractivity contribution in [1.29, 1.82) is 0 Å². The number of likely N-dealkylation sites (tertiary alicyclic amines) is 1. The number of aromatic nitrogens is 2. The standard InChI is InChI=1S/C38H36FN5O3/c1-47-38(37(46)40-32-15-16-34-33(23-32)36(42-41-34)30-11-13-31(39)14-12-30)19-22-43(25-38)24-35(45)44-20-17-29(18-21-44)28-9-7-27(8-10-28)26-5-3-2-4-6-26/h2-17,23H,18-22,24-25H2,1H3,(H,40,46)(H,41,42)/t38-/m0/s1. The molecule has 47 heavy (non-hydrogen) atoms. The third-order valence-corrected chi connectivity index (χ3v) is 9.34. The summed E-state index contributed by atoms with van der Waals surface area (Å²) in [5.74, 6) is -0.530. The number of aromatic amines is 1. The maximum atomic E-state index is 13.6. The molecule has 238 valence electrons. The van der Waals surface area contributed by atoms with Crippen LogP contribution in [0.5, 0.6) is 0 Å². The van der Waals surface area contributed by atoms with Crippen molar-refractivity contribution in [2.45, 2.75) is 18.4 Å². The lowest BCUT2D eigenvalue weighted by molar-refractivity contribution is -0.138. The topological polar surface area (TPSA) is 90.6 Å². The van der Waals surface area contributed by atoms with Crippen LogP contribution in [0.25, 0.3) is 38.9 Å². The average molecular weight is 630 g/mol. The van der Waals surface area contributed by atoms with Crippen molar-refractivity contribution in [2.75, 3.05) is 45.2 Å². The van der Waals surface area contributed by atoms with Crippen LogP contribution in [0.1, 0.15) is 18.4 Å². The SMILES string of the molecule is CO[C@@]1(C(=O)Nc2ccc3[nH]nc(-c4ccc(F)cc4)c3c2)CCN(CC(=O)N2CC=C(c3ccc(-c4ccccc4)cc3)CC2)C1. The Bertz CT molecular complexity index is 1940. The van der Waals surface area contributed by atoms with Crippen LogP contribution in [-0.4, -0.2) is 77.2 Å². The molecule has 3 heterocycles. The Hall–Kier alpha value is -5.12. The number of nitrogens with one attached hydrogen (secondary N) is 2. The minimum atomic E-state index is -1.08. The maximum Gasteiger partial charge on any atom is 0.258 e. The van der Waals surface area contributed by atoms with Crippen LogP contribution in [0.4, 0.5) is 10.1 Å². The van der Waals surface area contributed by atoms with Gasteiger partial charge in [0, 0.05) is 49.9 Å². The number of fused-ring (bicyclic) bond motifs is 1. The smallest absolute Gasteiger partial charge is 0.258 e. The van der Waals surface area contributed by atoms with Crippen molar-refractivity contribution in [3.63, 3.8) is 0 Å². The number of carbonyl (C=O) groups excluding carboxylic acids is 2. The lowest BCUT2D eigenvalue weighted by Crippen LogP contribution is -2.48. The molecule has 0 unspecified atom stereocenters. The van der Waals surface area contributed by atoms with Gasteiger partial charge in [-0.15, -0.1) is 0 Å². The molecule has 0 saturated carbocycles. The summed E-state index contributed by atoms with van der Waals surface area (Å²) in [5, 5.41) is 11.2. The van der Waals surface area contributed by atoms with Gasteiger partial charge in [-0.3, -0.25) is 19.6 Å². The number of ether oxygens (including phenoxy) is 1. The molecular formula is C38H36FN5O3.